The molecule has 5 N–H and O–H groups in total. The monoisotopic (exact) mass is 294 g/mol. The van der Waals surface area contributed by atoms with E-state index in [2.05, 4.69) is 5.32 Å². The second-order valence-corrected chi connectivity index (χ2v) is 5.19. The molecule has 1 aromatic carbocycles. The number of nitrogen functional groups attached to an aromatic ring is 1. The molecule has 0 saturated carbocycles. The number of halogens is 1. The van der Waals surface area contributed by atoms with Gasteiger partial charge in [-0.05, 0) is 25.0 Å². The van der Waals surface area contributed by atoms with Crippen molar-refractivity contribution >= 4 is 17.5 Å². The number of amides is 2. The van der Waals surface area contributed by atoms with Gasteiger partial charge in [0.1, 0.15) is 5.82 Å². The number of carbonyl (C=O) groups excluding carboxylic acids is 2. The predicted octanol–water partition coefficient (Wildman–Crippen LogP) is 0.0874. The molecular formula is C14H19FN4O2. The van der Waals surface area contributed by atoms with Gasteiger partial charge in [0.05, 0.1) is 17.8 Å². The maximum atomic E-state index is 13.3. The van der Waals surface area contributed by atoms with Crippen LogP contribution < -0.4 is 16.8 Å². The van der Waals surface area contributed by atoms with Crippen LogP contribution in [0.15, 0.2) is 18.2 Å². The zero-order valence-electron chi connectivity index (χ0n) is 11.6. The first-order chi connectivity index (χ1) is 9.97. The van der Waals surface area contributed by atoms with Gasteiger partial charge in [0.15, 0.2) is 0 Å². The minimum Gasteiger partial charge on any atom is -0.396 e. The molecule has 6 nitrogen and oxygen atoms in total. The number of nitrogens with zero attached hydrogens (tertiary/aromatic N) is 1. The summed E-state index contributed by atoms with van der Waals surface area (Å²) in [6, 6.07) is 4.16. The molecule has 1 aliphatic heterocycles. The highest BCUT2D eigenvalue weighted by Gasteiger charge is 2.22. The van der Waals surface area contributed by atoms with Crippen molar-refractivity contribution in [1.29, 1.82) is 0 Å². The van der Waals surface area contributed by atoms with Crippen LogP contribution in [-0.4, -0.2) is 42.4 Å². The number of benzene rings is 1. The normalized spacial score (nSPS) is 16.6. The fourth-order valence-corrected chi connectivity index (χ4v) is 2.45. The first-order valence-corrected chi connectivity index (χ1v) is 6.83. The number of para-hydroxylation sites is 1. The number of piperidine rings is 1. The summed E-state index contributed by atoms with van der Waals surface area (Å²) >= 11 is 0. The lowest BCUT2D eigenvalue weighted by Gasteiger charge is -2.31. The van der Waals surface area contributed by atoms with E-state index in [0.29, 0.717) is 25.9 Å². The number of rotatable bonds is 4. The van der Waals surface area contributed by atoms with Gasteiger partial charge in [0.25, 0.3) is 5.91 Å². The van der Waals surface area contributed by atoms with Crippen LogP contribution in [0, 0.1) is 5.82 Å². The Morgan fingerprint density at radius 2 is 2.00 bits per heavy atom. The van der Waals surface area contributed by atoms with Crippen molar-refractivity contribution in [2.24, 2.45) is 5.73 Å². The molecule has 0 aromatic heterocycles. The molecule has 0 spiro atoms. The average Bonchev–Trinajstić information content (AvgIpc) is 2.43. The number of primary amides is 1. The van der Waals surface area contributed by atoms with E-state index >= 15 is 0 Å². The molecule has 1 aliphatic rings. The lowest BCUT2D eigenvalue weighted by molar-refractivity contribution is -0.119. The minimum atomic E-state index is -0.598. The molecule has 21 heavy (non-hydrogen) atoms. The van der Waals surface area contributed by atoms with Gasteiger partial charge in [-0.1, -0.05) is 6.07 Å². The highest BCUT2D eigenvalue weighted by molar-refractivity contribution is 5.99. The third-order valence-electron chi connectivity index (χ3n) is 3.60. The van der Waals surface area contributed by atoms with Gasteiger partial charge in [0, 0.05) is 19.1 Å². The Hall–Kier alpha value is -2.15. The third kappa shape index (κ3) is 3.91. The number of carbonyl (C=O) groups is 2. The minimum absolute atomic E-state index is 0.00991. The van der Waals surface area contributed by atoms with E-state index in [9.17, 15) is 14.0 Å². The molecule has 2 amide bonds. The summed E-state index contributed by atoms with van der Waals surface area (Å²) < 4.78 is 13.3. The number of likely N-dealkylation sites (tertiary alicyclic amines) is 1. The molecule has 1 saturated heterocycles. The summed E-state index contributed by atoms with van der Waals surface area (Å²) in [7, 11) is 0. The van der Waals surface area contributed by atoms with Crippen molar-refractivity contribution in [3.8, 4) is 0 Å². The van der Waals surface area contributed by atoms with Gasteiger partial charge in [-0.15, -0.1) is 0 Å². The second-order valence-electron chi connectivity index (χ2n) is 5.19. The molecule has 1 heterocycles. The van der Waals surface area contributed by atoms with Crippen molar-refractivity contribution < 1.29 is 14.0 Å². The summed E-state index contributed by atoms with van der Waals surface area (Å²) in [6.45, 7) is 1.61. The van der Waals surface area contributed by atoms with Crippen LogP contribution in [0.4, 0.5) is 10.1 Å². The lowest BCUT2D eigenvalue weighted by atomic mass is 10.0. The molecular weight excluding hydrogens is 275 g/mol. The quantitative estimate of drug-likeness (QED) is 0.685. The van der Waals surface area contributed by atoms with E-state index in [1.807, 2.05) is 4.90 Å². The van der Waals surface area contributed by atoms with Crippen molar-refractivity contribution in [3.05, 3.63) is 29.6 Å². The van der Waals surface area contributed by atoms with Gasteiger partial charge in [0.2, 0.25) is 5.91 Å². The van der Waals surface area contributed by atoms with Gasteiger partial charge < -0.3 is 16.8 Å². The first kappa shape index (κ1) is 15.2. The molecule has 114 valence electrons. The fraction of sp³-hybridized carbons (Fsp3) is 0.429. The maximum Gasteiger partial charge on any atom is 0.253 e. The number of hydrogen-bond acceptors (Lipinski definition) is 4. The van der Waals surface area contributed by atoms with Gasteiger partial charge in [-0.25, -0.2) is 4.39 Å². The van der Waals surface area contributed by atoms with Crippen LogP contribution in [-0.2, 0) is 4.79 Å². The van der Waals surface area contributed by atoms with Crippen molar-refractivity contribution in [2.75, 3.05) is 25.4 Å². The molecule has 0 bridgehead atoms. The summed E-state index contributed by atoms with van der Waals surface area (Å²) in [4.78, 5) is 24.9. The van der Waals surface area contributed by atoms with E-state index in [1.54, 1.807) is 0 Å². The van der Waals surface area contributed by atoms with E-state index in [1.165, 1.54) is 18.2 Å². The summed E-state index contributed by atoms with van der Waals surface area (Å²) in [6.07, 6.45) is 1.43. The van der Waals surface area contributed by atoms with Gasteiger partial charge in [-0.2, -0.15) is 0 Å². The largest absolute Gasteiger partial charge is 0.396 e. The Labute approximate surface area is 122 Å². The summed E-state index contributed by atoms with van der Waals surface area (Å²) in [5.74, 6) is -1.33. The number of nitrogens with one attached hydrogen (secondary N) is 1. The first-order valence-electron chi connectivity index (χ1n) is 6.83. The van der Waals surface area contributed by atoms with Crippen LogP contribution >= 0.6 is 0 Å². The second kappa shape index (κ2) is 6.53. The highest BCUT2D eigenvalue weighted by atomic mass is 19.1. The van der Waals surface area contributed by atoms with E-state index in [-0.39, 0.29) is 35.7 Å². The van der Waals surface area contributed by atoms with Crippen molar-refractivity contribution in [1.82, 2.24) is 10.2 Å². The van der Waals surface area contributed by atoms with Crippen LogP contribution in [0.2, 0.25) is 0 Å². The van der Waals surface area contributed by atoms with Gasteiger partial charge >= 0.3 is 0 Å². The fourth-order valence-electron chi connectivity index (χ4n) is 2.45. The van der Waals surface area contributed by atoms with Crippen molar-refractivity contribution in [2.45, 2.75) is 18.9 Å². The molecule has 0 aliphatic carbocycles. The van der Waals surface area contributed by atoms with Crippen LogP contribution in [0.5, 0.6) is 0 Å². The van der Waals surface area contributed by atoms with E-state index in [0.717, 1.165) is 0 Å². The lowest BCUT2D eigenvalue weighted by Crippen LogP contribution is -2.46. The Kier molecular flexibility index (Phi) is 4.74. The highest BCUT2D eigenvalue weighted by Crippen LogP contribution is 2.17. The standard InChI is InChI=1S/C14H19FN4O2/c15-11-3-1-2-10(13(11)17)14(21)18-9-4-6-19(7-5-9)8-12(16)20/h1-3,9H,4-8,17H2,(H2,16,20)(H,18,21). The SMILES string of the molecule is NC(=O)CN1CCC(NC(=O)c2cccc(F)c2N)CC1. The molecule has 2 rings (SSSR count). The Morgan fingerprint density at radius 3 is 2.62 bits per heavy atom. The molecule has 0 unspecified atom stereocenters. The average molecular weight is 294 g/mol. The maximum absolute atomic E-state index is 13.3. The van der Waals surface area contributed by atoms with Crippen LogP contribution in [0.3, 0.4) is 0 Å². The Morgan fingerprint density at radius 1 is 1.33 bits per heavy atom. The Bertz CT molecular complexity index is 542. The third-order valence-corrected chi connectivity index (χ3v) is 3.60. The smallest absolute Gasteiger partial charge is 0.253 e. The van der Waals surface area contributed by atoms with E-state index < -0.39 is 5.82 Å². The zero-order valence-corrected chi connectivity index (χ0v) is 11.6. The summed E-state index contributed by atoms with van der Waals surface area (Å²) in [5.41, 5.74) is 10.7. The van der Waals surface area contributed by atoms with E-state index in [4.69, 9.17) is 11.5 Å². The van der Waals surface area contributed by atoms with Gasteiger partial charge in [-0.3, -0.25) is 14.5 Å². The number of anilines is 1. The molecule has 0 radical (unpaired) electrons. The molecule has 0 atom stereocenters. The summed E-state index contributed by atoms with van der Waals surface area (Å²) in [5, 5.41) is 2.85. The van der Waals surface area contributed by atoms with Crippen molar-refractivity contribution in [3.63, 3.8) is 0 Å². The van der Waals surface area contributed by atoms with Crippen LogP contribution in [0.1, 0.15) is 23.2 Å². The molecule has 1 fully saturated rings. The predicted molar refractivity (Wildman–Crippen MR) is 76.9 cm³/mol. The zero-order chi connectivity index (χ0) is 15.4. The van der Waals surface area contributed by atoms with Crippen LogP contribution in [0.25, 0.3) is 0 Å². The topological polar surface area (TPSA) is 101 Å². The Balaban J connectivity index is 1.90. The molecule has 7 heteroatoms. The molecule has 1 aromatic rings. The number of nitrogens with two attached hydrogens (primary N) is 2. The number of hydrogen-bond donors (Lipinski definition) is 3.